The third kappa shape index (κ3) is 5.80. The van der Waals surface area contributed by atoms with Gasteiger partial charge in [-0.05, 0) is 84.3 Å². The van der Waals surface area contributed by atoms with E-state index >= 15 is 0 Å². The Morgan fingerprint density at radius 2 is 1.67 bits per heavy atom. The lowest BCUT2D eigenvalue weighted by molar-refractivity contribution is -0.0562. The number of aliphatic hydroxyl groups excluding tert-OH is 1. The molecular weight excluding hydrogens is 518 g/mol. The molecule has 42 heavy (non-hydrogen) atoms. The van der Waals surface area contributed by atoms with Crippen molar-refractivity contribution in [1.82, 2.24) is 14.9 Å². The molecule has 214 valence electrons. The predicted molar refractivity (Wildman–Crippen MR) is 170 cm³/mol. The summed E-state index contributed by atoms with van der Waals surface area (Å²) in [4.78, 5) is 11.4. The number of nitrogens with zero attached hydrogens (tertiary/aromatic N) is 3. The Morgan fingerprint density at radius 1 is 0.881 bits per heavy atom. The molecule has 3 saturated heterocycles. The van der Waals surface area contributed by atoms with E-state index in [4.69, 9.17) is 4.74 Å². The number of benzene rings is 3. The topological polar surface area (TPSA) is 58.5 Å². The van der Waals surface area contributed by atoms with Crippen LogP contribution in [0.25, 0.3) is 33.3 Å². The molecular formula is C37H39N3O2. The van der Waals surface area contributed by atoms with Crippen molar-refractivity contribution in [2.75, 3.05) is 20.2 Å². The van der Waals surface area contributed by atoms with Gasteiger partial charge in [-0.2, -0.15) is 0 Å². The average molecular weight is 558 g/mol. The monoisotopic (exact) mass is 557 g/mol. The van der Waals surface area contributed by atoms with Crippen LogP contribution in [-0.2, 0) is 0 Å². The van der Waals surface area contributed by atoms with Crippen molar-refractivity contribution in [3.05, 3.63) is 115 Å². The molecule has 3 aromatic carbocycles. The fraction of sp³-hybridized carbons (Fsp3) is 0.297. The van der Waals surface area contributed by atoms with Gasteiger partial charge in [0.05, 0.1) is 24.4 Å². The molecule has 0 aliphatic carbocycles. The summed E-state index contributed by atoms with van der Waals surface area (Å²) >= 11 is 0. The Bertz CT molecular complexity index is 1550. The lowest BCUT2D eigenvalue weighted by atomic mass is 9.72. The van der Waals surface area contributed by atoms with Gasteiger partial charge < -0.3 is 9.84 Å². The van der Waals surface area contributed by atoms with E-state index in [0.29, 0.717) is 0 Å². The summed E-state index contributed by atoms with van der Waals surface area (Å²) in [7, 11) is 1.67. The first kappa shape index (κ1) is 28.1. The summed E-state index contributed by atoms with van der Waals surface area (Å²) in [5, 5.41) is 12.2. The largest absolute Gasteiger partial charge is 0.497 e. The minimum absolute atomic E-state index is 0.225. The molecule has 3 fully saturated rings. The lowest BCUT2D eigenvalue weighted by Gasteiger charge is -2.51. The number of fused-ring (bicyclic) bond motifs is 4. The molecule has 8 rings (SSSR count). The minimum Gasteiger partial charge on any atom is -0.497 e. The summed E-state index contributed by atoms with van der Waals surface area (Å²) in [6, 6.07) is 32.8. The number of hydrogen-bond acceptors (Lipinski definition) is 5. The summed E-state index contributed by atoms with van der Waals surface area (Å²) in [6.07, 6.45) is 6.80. The highest BCUT2D eigenvalue weighted by molar-refractivity contribution is 5.84. The minimum atomic E-state index is -0.469. The molecule has 3 unspecified atom stereocenters. The van der Waals surface area contributed by atoms with Gasteiger partial charge in [-0.15, -0.1) is 0 Å². The average Bonchev–Trinajstić information content (AvgIpc) is 3.08. The third-order valence-electron chi connectivity index (χ3n) is 9.08. The second-order valence-electron chi connectivity index (χ2n) is 11.4. The van der Waals surface area contributed by atoms with Gasteiger partial charge in [0.2, 0.25) is 0 Å². The van der Waals surface area contributed by atoms with Crippen LogP contribution in [0.15, 0.2) is 109 Å². The number of methoxy groups -OCH3 is 1. The molecule has 3 aliphatic heterocycles. The van der Waals surface area contributed by atoms with Gasteiger partial charge in [0, 0.05) is 35.9 Å². The molecule has 5 heteroatoms. The molecule has 0 radical (unpaired) electrons. The SMILES string of the molecule is CC[C@@H]1CN2CCC1C[C@@H]2C(O)c1ccnc2ccc(OC)cc12.c1ccc(-c2ccccc2-c2ccccn2)cc1. The van der Waals surface area contributed by atoms with Crippen LogP contribution in [0.3, 0.4) is 0 Å². The normalized spacial score (nSPS) is 21.8. The molecule has 2 aromatic heterocycles. The van der Waals surface area contributed by atoms with E-state index in [0.717, 1.165) is 59.3 Å². The van der Waals surface area contributed by atoms with Crippen molar-refractivity contribution in [1.29, 1.82) is 0 Å². The van der Waals surface area contributed by atoms with E-state index in [1.807, 2.05) is 54.7 Å². The highest BCUT2D eigenvalue weighted by Crippen LogP contribution is 2.42. The molecule has 5 nitrogen and oxygen atoms in total. The summed E-state index contributed by atoms with van der Waals surface area (Å²) in [5.41, 5.74) is 6.51. The van der Waals surface area contributed by atoms with Crippen LogP contribution in [0.5, 0.6) is 5.75 Å². The van der Waals surface area contributed by atoms with Crippen molar-refractivity contribution >= 4 is 10.9 Å². The van der Waals surface area contributed by atoms with Crippen LogP contribution in [0.4, 0.5) is 0 Å². The molecule has 5 atom stereocenters. The summed E-state index contributed by atoms with van der Waals surface area (Å²) < 4.78 is 5.36. The van der Waals surface area contributed by atoms with Gasteiger partial charge in [0.25, 0.3) is 0 Å². The zero-order valence-corrected chi connectivity index (χ0v) is 24.4. The summed E-state index contributed by atoms with van der Waals surface area (Å²) in [5.74, 6) is 2.37. The standard InChI is InChI=1S/C20H26N2O2.C17H13N/c1-3-13-12-22-9-7-14(13)10-19(22)20(23)16-6-8-21-18-5-4-15(24-2)11-17(16)18;1-2-8-14(9-3-1)15-10-4-5-11-16(15)17-12-6-7-13-18-17/h4-6,8,11,13-14,19-20,23H,3,7,9-10,12H2,1-2H3;1-13H/t13-,14?,19-,20?;/m1./s1. The number of piperidine rings is 3. The second-order valence-corrected chi connectivity index (χ2v) is 11.4. The van der Waals surface area contributed by atoms with Gasteiger partial charge in [-0.1, -0.05) is 74.0 Å². The van der Waals surface area contributed by atoms with E-state index in [1.165, 1.54) is 29.5 Å². The molecule has 5 heterocycles. The molecule has 0 spiro atoms. The van der Waals surface area contributed by atoms with E-state index in [9.17, 15) is 5.11 Å². The van der Waals surface area contributed by atoms with Crippen LogP contribution in [-0.4, -0.2) is 46.2 Å². The Hall–Kier alpha value is -4.06. The third-order valence-corrected chi connectivity index (χ3v) is 9.08. The maximum Gasteiger partial charge on any atom is 0.119 e. The molecule has 2 bridgehead atoms. The van der Waals surface area contributed by atoms with Crippen molar-refractivity contribution in [2.45, 2.75) is 38.3 Å². The first-order chi connectivity index (χ1) is 20.7. The zero-order valence-electron chi connectivity index (χ0n) is 24.4. The van der Waals surface area contributed by atoms with Crippen LogP contribution >= 0.6 is 0 Å². The summed E-state index contributed by atoms with van der Waals surface area (Å²) in [6.45, 7) is 4.55. The zero-order chi connectivity index (χ0) is 28.9. The van der Waals surface area contributed by atoms with Crippen LogP contribution < -0.4 is 4.74 Å². The van der Waals surface area contributed by atoms with E-state index in [2.05, 4.69) is 70.3 Å². The van der Waals surface area contributed by atoms with Gasteiger partial charge in [-0.25, -0.2) is 0 Å². The molecule has 3 aliphatic rings. The smallest absolute Gasteiger partial charge is 0.119 e. The highest BCUT2D eigenvalue weighted by Gasteiger charge is 2.42. The number of aromatic nitrogens is 2. The van der Waals surface area contributed by atoms with Crippen molar-refractivity contribution in [3.63, 3.8) is 0 Å². The Morgan fingerprint density at radius 3 is 2.38 bits per heavy atom. The predicted octanol–water partition coefficient (Wildman–Crippen LogP) is 7.81. The van der Waals surface area contributed by atoms with Crippen molar-refractivity contribution in [3.8, 4) is 28.1 Å². The quantitative estimate of drug-likeness (QED) is 0.231. The van der Waals surface area contributed by atoms with Crippen LogP contribution in [0.1, 0.15) is 37.9 Å². The van der Waals surface area contributed by atoms with Crippen LogP contribution in [0, 0.1) is 11.8 Å². The number of hydrogen-bond donors (Lipinski definition) is 1. The first-order valence-electron chi connectivity index (χ1n) is 15.1. The number of rotatable bonds is 6. The highest BCUT2D eigenvalue weighted by atomic mass is 16.5. The molecule has 1 N–H and O–H groups in total. The Balaban J connectivity index is 0.000000157. The maximum absolute atomic E-state index is 11.2. The lowest BCUT2D eigenvalue weighted by Crippen LogP contribution is -2.55. The van der Waals surface area contributed by atoms with Gasteiger partial charge in [0.1, 0.15) is 5.75 Å². The van der Waals surface area contributed by atoms with E-state index in [1.54, 1.807) is 13.3 Å². The van der Waals surface area contributed by atoms with Gasteiger partial charge in [0.15, 0.2) is 0 Å². The molecule has 5 aromatic rings. The van der Waals surface area contributed by atoms with Gasteiger partial charge in [-0.3, -0.25) is 14.9 Å². The van der Waals surface area contributed by atoms with Crippen molar-refractivity contribution in [2.24, 2.45) is 11.8 Å². The van der Waals surface area contributed by atoms with E-state index in [-0.39, 0.29) is 6.04 Å². The Kier molecular flexibility index (Phi) is 8.59. The van der Waals surface area contributed by atoms with E-state index < -0.39 is 6.10 Å². The van der Waals surface area contributed by atoms with Crippen LogP contribution in [0.2, 0.25) is 0 Å². The fourth-order valence-corrected chi connectivity index (χ4v) is 6.81. The second kappa shape index (κ2) is 12.8. The molecule has 0 amide bonds. The maximum atomic E-state index is 11.2. The van der Waals surface area contributed by atoms with Gasteiger partial charge >= 0.3 is 0 Å². The van der Waals surface area contributed by atoms with Crippen molar-refractivity contribution < 1.29 is 9.84 Å². The first-order valence-corrected chi connectivity index (χ1v) is 15.1. The number of aliphatic hydroxyl groups is 1. The number of pyridine rings is 2. The Labute approximate surface area is 248 Å². The number of ether oxygens (including phenoxy) is 1. The molecule has 0 saturated carbocycles. The fourth-order valence-electron chi connectivity index (χ4n) is 6.81.